The molecular weight excluding hydrogens is 209 g/mol. The Morgan fingerprint density at radius 2 is 2.00 bits per heavy atom. The molecule has 1 rings (SSSR count). The molecule has 13 heavy (non-hydrogen) atoms. The monoisotopic (exact) mass is 219 g/mol. The third-order valence-electron chi connectivity index (χ3n) is 1.92. The minimum Gasteiger partial charge on any atom is -0.396 e. The fourth-order valence-corrected chi connectivity index (χ4v) is 1.39. The van der Waals surface area contributed by atoms with Gasteiger partial charge in [0.25, 0.3) is 0 Å². The molecule has 0 aliphatic heterocycles. The Morgan fingerprint density at radius 3 is 2.46 bits per heavy atom. The van der Waals surface area contributed by atoms with Crippen LogP contribution in [0.3, 0.4) is 0 Å². The summed E-state index contributed by atoms with van der Waals surface area (Å²) >= 11 is 11.6. The van der Waals surface area contributed by atoms with Gasteiger partial charge < -0.3 is 10.8 Å². The molecule has 0 amide bonds. The zero-order valence-electron chi connectivity index (χ0n) is 7.00. The molecule has 1 unspecified atom stereocenters. The molecule has 0 aliphatic rings. The second-order valence-electron chi connectivity index (χ2n) is 2.79. The highest BCUT2D eigenvalue weighted by Crippen LogP contribution is 2.25. The van der Waals surface area contributed by atoms with Crippen molar-refractivity contribution in [2.45, 2.75) is 5.92 Å². The number of halogens is 2. The molecule has 0 spiro atoms. The first-order chi connectivity index (χ1) is 6.19. The number of rotatable bonds is 3. The first kappa shape index (κ1) is 10.8. The van der Waals surface area contributed by atoms with Crippen LogP contribution in [0.2, 0.25) is 10.0 Å². The van der Waals surface area contributed by atoms with E-state index in [9.17, 15) is 0 Å². The largest absolute Gasteiger partial charge is 0.396 e. The number of hydrogen-bond acceptors (Lipinski definition) is 2. The summed E-state index contributed by atoms with van der Waals surface area (Å²) in [6, 6.07) is 5.26. The zero-order chi connectivity index (χ0) is 9.84. The maximum Gasteiger partial charge on any atom is 0.0595 e. The SMILES string of the molecule is NCC(CO)c1ccc(Cl)c(Cl)c1. The Hall–Kier alpha value is -0.280. The van der Waals surface area contributed by atoms with Crippen molar-refractivity contribution in [1.82, 2.24) is 0 Å². The predicted molar refractivity (Wildman–Crippen MR) is 55.3 cm³/mol. The highest BCUT2D eigenvalue weighted by Gasteiger charge is 2.09. The van der Waals surface area contributed by atoms with Crippen molar-refractivity contribution in [3.63, 3.8) is 0 Å². The Bertz CT molecular complexity index is 287. The molecule has 0 fully saturated rings. The van der Waals surface area contributed by atoms with Crippen molar-refractivity contribution in [3.05, 3.63) is 33.8 Å². The summed E-state index contributed by atoms with van der Waals surface area (Å²) in [6.07, 6.45) is 0. The van der Waals surface area contributed by atoms with E-state index in [1.54, 1.807) is 12.1 Å². The van der Waals surface area contributed by atoms with Crippen molar-refractivity contribution in [1.29, 1.82) is 0 Å². The van der Waals surface area contributed by atoms with Gasteiger partial charge in [0.05, 0.1) is 16.7 Å². The Balaban J connectivity index is 2.95. The van der Waals surface area contributed by atoms with E-state index in [4.69, 9.17) is 34.0 Å². The van der Waals surface area contributed by atoms with Crippen molar-refractivity contribution in [3.8, 4) is 0 Å². The van der Waals surface area contributed by atoms with E-state index in [2.05, 4.69) is 0 Å². The van der Waals surface area contributed by atoms with Crippen LogP contribution < -0.4 is 5.73 Å². The first-order valence-corrected chi connectivity index (χ1v) is 4.70. The summed E-state index contributed by atoms with van der Waals surface area (Å²) < 4.78 is 0. The minimum atomic E-state index is -0.0604. The molecule has 3 N–H and O–H groups in total. The van der Waals surface area contributed by atoms with Gasteiger partial charge in [0, 0.05) is 12.5 Å². The normalized spacial score (nSPS) is 12.9. The van der Waals surface area contributed by atoms with E-state index >= 15 is 0 Å². The molecule has 0 heterocycles. The summed E-state index contributed by atoms with van der Waals surface area (Å²) in [5.74, 6) is -0.0604. The standard InChI is InChI=1S/C9H11Cl2NO/c10-8-2-1-6(3-9(8)11)7(4-12)5-13/h1-3,7,13H,4-5,12H2. The van der Waals surface area contributed by atoms with Gasteiger partial charge in [-0.2, -0.15) is 0 Å². The molecule has 1 aromatic carbocycles. The third kappa shape index (κ3) is 2.58. The highest BCUT2D eigenvalue weighted by atomic mass is 35.5. The van der Waals surface area contributed by atoms with Crippen molar-refractivity contribution < 1.29 is 5.11 Å². The number of hydrogen-bond donors (Lipinski definition) is 2. The van der Waals surface area contributed by atoms with Crippen LogP contribution in [0, 0.1) is 0 Å². The van der Waals surface area contributed by atoms with Gasteiger partial charge in [-0.05, 0) is 17.7 Å². The van der Waals surface area contributed by atoms with Crippen LogP contribution >= 0.6 is 23.2 Å². The van der Waals surface area contributed by atoms with Crippen LogP contribution in [0.1, 0.15) is 11.5 Å². The van der Waals surface area contributed by atoms with E-state index < -0.39 is 0 Å². The number of aliphatic hydroxyl groups excluding tert-OH is 1. The summed E-state index contributed by atoms with van der Waals surface area (Å²) in [5.41, 5.74) is 6.38. The van der Waals surface area contributed by atoms with Gasteiger partial charge >= 0.3 is 0 Å². The van der Waals surface area contributed by atoms with E-state index in [0.717, 1.165) is 5.56 Å². The van der Waals surface area contributed by atoms with Crippen LogP contribution in [0.25, 0.3) is 0 Å². The maximum atomic E-state index is 8.98. The number of aliphatic hydroxyl groups is 1. The maximum absolute atomic E-state index is 8.98. The smallest absolute Gasteiger partial charge is 0.0595 e. The van der Waals surface area contributed by atoms with E-state index in [-0.39, 0.29) is 12.5 Å². The molecule has 0 aliphatic carbocycles. The Morgan fingerprint density at radius 1 is 1.31 bits per heavy atom. The van der Waals surface area contributed by atoms with Crippen LogP contribution in [0.4, 0.5) is 0 Å². The van der Waals surface area contributed by atoms with E-state index in [1.165, 1.54) is 0 Å². The van der Waals surface area contributed by atoms with E-state index in [0.29, 0.717) is 16.6 Å². The first-order valence-electron chi connectivity index (χ1n) is 3.95. The zero-order valence-corrected chi connectivity index (χ0v) is 8.52. The molecular formula is C9H11Cl2NO. The van der Waals surface area contributed by atoms with Gasteiger partial charge in [-0.15, -0.1) is 0 Å². The summed E-state index contributed by atoms with van der Waals surface area (Å²) in [7, 11) is 0. The van der Waals surface area contributed by atoms with Gasteiger partial charge in [-0.25, -0.2) is 0 Å². The molecule has 2 nitrogen and oxygen atoms in total. The Kier molecular flexibility index (Phi) is 4.00. The summed E-state index contributed by atoms with van der Waals surface area (Å²) in [4.78, 5) is 0. The van der Waals surface area contributed by atoms with Gasteiger partial charge in [-0.3, -0.25) is 0 Å². The molecule has 0 aromatic heterocycles. The average molecular weight is 220 g/mol. The molecule has 1 aromatic rings. The predicted octanol–water partition coefficient (Wildman–Crippen LogP) is 2.03. The van der Waals surface area contributed by atoms with E-state index in [1.807, 2.05) is 6.07 Å². The molecule has 1 atom stereocenters. The van der Waals surface area contributed by atoms with Crippen LogP contribution in [0.15, 0.2) is 18.2 Å². The lowest BCUT2D eigenvalue weighted by molar-refractivity contribution is 0.268. The second kappa shape index (κ2) is 4.82. The van der Waals surface area contributed by atoms with Gasteiger partial charge in [0.2, 0.25) is 0 Å². The number of benzene rings is 1. The van der Waals surface area contributed by atoms with Gasteiger partial charge in [-0.1, -0.05) is 29.3 Å². The van der Waals surface area contributed by atoms with Crippen LogP contribution in [0.5, 0.6) is 0 Å². The second-order valence-corrected chi connectivity index (χ2v) is 3.60. The quantitative estimate of drug-likeness (QED) is 0.818. The fraction of sp³-hybridized carbons (Fsp3) is 0.333. The average Bonchev–Trinajstić information content (AvgIpc) is 2.13. The molecule has 72 valence electrons. The van der Waals surface area contributed by atoms with Gasteiger partial charge in [0.1, 0.15) is 0 Å². The summed E-state index contributed by atoms with van der Waals surface area (Å²) in [5, 5.41) is 9.99. The topological polar surface area (TPSA) is 46.2 Å². The number of nitrogens with two attached hydrogens (primary N) is 1. The Labute approximate surface area is 87.3 Å². The molecule has 0 bridgehead atoms. The highest BCUT2D eigenvalue weighted by molar-refractivity contribution is 6.42. The lowest BCUT2D eigenvalue weighted by Crippen LogP contribution is -2.15. The third-order valence-corrected chi connectivity index (χ3v) is 2.66. The lowest BCUT2D eigenvalue weighted by atomic mass is 10.0. The van der Waals surface area contributed by atoms with Crippen molar-refractivity contribution >= 4 is 23.2 Å². The lowest BCUT2D eigenvalue weighted by Gasteiger charge is -2.12. The van der Waals surface area contributed by atoms with Gasteiger partial charge in [0.15, 0.2) is 0 Å². The van der Waals surface area contributed by atoms with Crippen molar-refractivity contribution in [2.75, 3.05) is 13.2 Å². The minimum absolute atomic E-state index is 0.0223. The summed E-state index contributed by atoms with van der Waals surface area (Å²) in [6.45, 7) is 0.420. The molecule has 0 radical (unpaired) electrons. The molecule has 4 heteroatoms. The molecule has 0 saturated heterocycles. The fourth-order valence-electron chi connectivity index (χ4n) is 1.08. The van der Waals surface area contributed by atoms with Crippen LogP contribution in [-0.2, 0) is 0 Å². The van der Waals surface area contributed by atoms with Crippen molar-refractivity contribution in [2.24, 2.45) is 5.73 Å². The van der Waals surface area contributed by atoms with Crippen LogP contribution in [-0.4, -0.2) is 18.3 Å². The molecule has 0 saturated carbocycles.